The lowest BCUT2D eigenvalue weighted by Crippen LogP contribution is -2.58. The molecule has 0 aromatic heterocycles. The SMILES string of the molecule is CC[C@]12C=CCN3CC[C@]4(C(=C(C(=O)OC)C1)Nc1ccc(-c5cc(OC)cc(OC)c5)cc14)[C@@H]32. The Labute approximate surface area is 206 Å². The lowest BCUT2D eigenvalue weighted by Gasteiger charge is -2.53. The van der Waals surface area contributed by atoms with Gasteiger partial charge in [0.25, 0.3) is 0 Å². The molecule has 6 nitrogen and oxygen atoms in total. The monoisotopic (exact) mass is 472 g/mol. The second kappa shape index (κ2) is 7.89. The number of anilines is 1. The van der Waals surface area contributed by atoms with Gasteiger partial charge in [0.1, 0.15) is 11.5 Å². The van der Waals surface area contributed by atoms with Crippen molar-refractivity contribution in [1.82, 2.24) is 4.90 Å². The van der Waals surface area contributed by atoms with Crippen LogP contribution in [0.2, 0.25) is 0 Å². The van der Waals surface area contributed by atoms with E-state index in [1.165, 1.54) is 12.7 Å². The van der Waals surface area contributed by atoms with Gasteiger partial charge in [0.05, 0.1) is 32.3 Å². The maximum Gasteiger partial charge on any atom is 0.335 e. The molecular formula is C29H32N2O4. The quantitative estimate of drug-likeness (QED) is 0.493. The summed E-state index contributed by atoms with van der Waals surface area (Å²) in [5.74, 6) is 1.30. The lowest BCUT2D eigenvalue weighted by molar-refractivity contribution is -0.137. The van der Waals surface area contributed by atoms with Crippen molar-refractivity contribution in [2.24, 2.45) is 5.41 Å². The average molecular weight is 473 g/mol. The number of carbonyl (C=O) groups is 1. The van der Waals surface area contributed by atoms with Gasteiger partial charge < -0.3 is 19.5 Å². The fraction of sp³-hybridized carbons (Fsp3) is 0.414. The normalized spacial score (nSPS) is 28.2. The molecule has 182 valence electrons. The zero-order chi connectivity index (χ0) is 24.4. The van der Waals surface area contributed by atoms with Crippen LogP contribution in [-0.4, -0.2) is 51.3 Å². The molecule has 6 heteroatoms. The molecule has 4 aliphatic rings. The number of nitrogens with one attached hydrogen (secondary N) is 1. The predicted molar refractivity (Wildman–Crippen MR) is 136 cm³/mol. The van der Waals surface area contributed by atoms with Gasteiger partial charge in [-0.3, -0.25) is 4.90 Å². The highest BCUT2D eigenvalue weighted by Crippen LogP contribution is 2.64. The van der Waals surface area contributed by atoms with Crippen molar-refractivity contribution in [1.29, 1.82) is 0 Å². The highest BCUT2D eigenvalue weighted by atomic mass is 16.5. The van der Waals surface area contributed by atoms with E-state index in [9.17, 15) is 4.79 Å². The van der Waals surface area contributed by atoms with Crippen molar-refractivity contribution in [3.8, 4) is 22.6 Å². The van der Waals surface area contributed by atoms with E-state index in [2.05, 4.69) is 47.5 Å². The molecule has 0 bridgehead atoms. The van der Waals surface area contributed by atoms with Crippen molar-refractivity contribution in [2.75, 3.05) is 39.7 Å². The topological polar surface area (TPSA) is 60.0 Å². The van der Waals surface area contributed by atoms with Crippen LogP contribution in [0.5, 0.6) is 11.5 Å². The highest BCUT2D eigenvalue weighted by molar-refractivity contribution is 5.93. The van der Waals surface area contributed by atoms with Crippen LogP contribution < -0.4 is 14.8 Å². The van der Waals surface area contributed by atoms with Crippen LogP contribution in [0.25, 0.3) is 11.1 Å². The van der Waals surface area contributed by atoms with Crippen molar-refractivity contribution < 1.29 is 19.0 Å². The Morgan fingerprint density at radius 2 is 1.86 bits per heavy atom. The smallest absolute Gasteiger partial charge is 0.335 e. The summed E-state index contributed by atoms with van der Waals surface area (Å²) in [6.07, 6.45) is 7.33. The number of benzene rings is 2. The summed E-state index contributed by atoms with van der Waals surface area (Å²) < 4.78 is 16.4. The van der Waals surface area contributed by atoms with Crippen molar-refractivity contribution in [2.45, 2.75) is 37.6 Å². The molecule has 1 spiro atoms. The molecule has 1 aliphatic carbocycles. The van der Waals surface area contributed by atoms with E-state index in [1.807, 2.05) is 18.2 Å². The Hall–Kier alpha value is -3.25. The van der Waals surface area contributed by atoms with Gasteiger partial charge in [-0.15, -0.1) is 0 Å². The van der Waals surface area contributed by atoms with Gasteiger partial charge in [-0.1, -0.05) is 25.1 Å². The summed E-state index contributed by atoms with van der Waals surface area (Å²) in [4.78, 5) is 15.7. The van der Waals surface area contributed by atoms with E-state index in [0.29, 0.717) is 12.5 Å². The molecule has 2 aromatic carbocycles. The molecule has 0 unspecified atom stereocenters. The molecule has 0 amide bonds. The van der Waals surface area contributed by atoms with E-state index in [-0.39, 0.29) is 16.8 Å². The number of ether oxygens (including phenoxy) is 3. The fourth-order valence-corrected chi connectivity index (χ4v) is 7.21. The fourth-order valence-electron chi connectivity index (χ4n) is 7.21. The van der Waals surface area contributed by atoms with Crippen LogP contribution in [0.4, 0.5) is 5.69 Å². The Morgan fingerprint density at radius 3 is 2.54 bits per heavy atom. The molecule has 3 heterocycles. The van der Waals surface area contributed by atoms with Crippen LogP contribution in [0.15, 0.2) is 59.8 Å². The number of carbonyl (C=O) groups excluding carboxylic acids is 1. The van der Waals surface area contributed by atoms with Gasteiger partial charge in [0.2, 0.25) is 0 Å². The van der Waals surface area contributed by atoms with Crippen LogP contribution in [0, 0.1) is 5.41 Å². The van der Waals surface area contributed by atoms with E-state index in [4.69, 9.17) is 14.2 Å². The first-order valence-electron chi connectivity index (χ1n) is 12.4. The summed E-state index contributed by atoms with van der Waals surface area (Å²) in [7, 11) is 4.83. The molecule has 1 N–H and O–H groups in total. The number of hydrogen-bond acceptors (Lipinski definition) is 6. The number of methoxy groups -OCH3 is 3. The number of nitrogens with zero attached hydrogens (tertiary/aromatic N) is 1. The second-order valence-electron chi connectivity index (χ2n) is 10.1. The third kappa shape index (κ3) is 2.95. The van der Waals surface area contributed by atoms with Crippen LogP contribution in [0.1, 0.15) is 31.7 Å². The van der Waals surface area contributed by atoms with E-state index in [1.54, 1.807) is 14.2 Å². The number of esters is 1. The number of hydrogen-bond donors (Lipinski definition) is 1. The van der Waals surface area contributed by atoms with E-state index in [0.717, 1.165) is 65.5 Å². The van der Waals surface area contributed by atoms with Crippen LogP contribution >= 0.6 is 0 Å². The lowest BCUT2D eigenvalue weighted by atomic mass is 9.55. The molecule has 6 rings (SSSR count). The van der Waals surface area contributed by atoms with Crippen molar-refractivity contribution in [3.63, 3.8) is 0 Å². The molecule has 0 radical (unpaired) electrons. The minimum atomic E-state index is -0.267. The predicted octanol–water partition coefficient (Wildman–Crippen LogP) is 4.91. The average Bonchev–Trinajstić information content (AvgIpc) is 3.47. The first-order valence-corrected chi connectivity index (χ1v) is 12.4. The summed E-state index contributed by atoms with van der Waals surface area (Å²) >= 11 is 0. The molecule has 1 saturated heterocycles. The first kappa shape index (κ1) is 22.2. The standard InChI is InChI=1S/C29H32N2O4/c1-5-28-9-6-11-31-12-10-29(27(28)31)23-15-18(19-13-20(33-2)16-21(14-19)34-3)7-8-24(23)30-25(29)22(17-28)26(32)35-4/h6-9,13-16,27,30H,5,10-12,17H2,1-4H3/t27-,28-,29-/m0/s1. The highest BCUT2D eigenvalue weighted by Gasteiger charge is 2.65. The first-order chi connectivity index (χ1) is 17.0. The van der Waals surface area contributed by atoms with Crippen molar-refractivity contribution in [3.05, 3.63) is 65.4 Å². The Kier molecular flexibility index (Phi) is 5.01. The molecule has 35 heavy (non-hydrogen) atoms. The summed E-state index contributed by atoms with van der Waals surface area (Å²) in [5, 5.41) is 3.70. The molecule has 0 saturated carbocycles. The Bertz CT molecular complexity index is 1260. The molecule has 3 aliphatic heterocycles. The third-order valence-electron chi connectivity index (χ3n) is 8.75. The molecular weight excluding hydrogens is 440 g/mol. The van der Waals surface area contributed by atoms with Gasteiger partial charge in [-0.2, -0.15) is 0 Å². The minimum Gasteiger partial charge on any atom is -0.497 e. The largest absolute Gasteiger partial charge is 0.497 e. The number of fused-ring (bicyclic) bond motifs is 1. The van der Waals surface area contributed by atoms with Gasteiger partial charge in [0.15, 0.2) is 0 Å². The Morgan fingerprint density at radius 1 is 1.09 bits per heavy atom. The summed E-state index contributed by atoms with van der Waals surface area (Å²) in [6, 6.07) is 12.9. The van der Waals surface area contributed by atoms with E-state index >= 15 is 0 Å². The van der Waals surface area contributed by atoms with Crippen LogP contribution in [0.3, 0.4) is 0 Å². The Balaban J connectivity index is 1.58. The zero-order valence-electron chi connectivity index (χ0n) is 20.8. The molecule has 2 aromatic rings. The van der Waals surface area contributed by atoms with Crippen LogP contribution in [-0.2, 0) is 14.9 Å². The zero-order valence-corrected chi connectivity index (χ0v) is 20.8. The van der Waals surface area contributed by atoms with E-state index < -0.39 is 0 Å². The van der Waals surface area contributed by atoms with Crippen molar-refractivity contribution >= 4 is 11.7 Å². The second-order valence-corrected chi connectivity index (χ2v) is 10.1. The minimum absolute atomic E-state index is 0.0970. The molecule has 1 fully saturated rings. The maximum absolute atomic E-state index is 13.1. The summed E-state index contributed by atoms with van der Waals surface area (Å²) in [5.41, 5.74) is 5.98. The molecule has 3 atom stereocenters. The van der Waals surface area contributed by atoms with Gasteiger partial charge in [-0.25, -0.2) is 4.79 Å². The maximum atomic E-state index is 13.1. The number of rotatable bonds is 5. The third-order valence-corrected chi connectivity index (χ3v) is 8.75. The van der Waals surface area contributed by atoms with Gasteiger partial charge in [0, 0.05) is 42.0 Å². The summed E-state index contributed by atoms with van der Waals surface area (Å²) in [6.45, 7) is 4.21. The van der Waals surface area contributed by atoms with Gasteiger partial charge >= 0.3 is 5.97 Å². The van der Waals surface area contributed by atoms with Gasteiger partial charge in [-0.05, 0) is 60.2 Å².